The van der Waals surface area contributed by atoms with E-state index in [1.807, 2.05) is 12.1 Å². The molecule has 2 aromatic carbocycles. The number of benzene rings is 2. The number of carboxylic acid groups (broad SMARTS) is 1. The molecule has 4 heteroatoms. The highest BCUT2D eigenvalue weighted by Gasteiger charge is 2.27. The normalized spacial score (nSPS) is 20.7. The Kier molecular flexibility index (Phi) is 5.94. The molecule has 0 bridgehead atoms. The lowest BCUT2D eigenvalue weighted by molar-refractivity contribution is -0.139. The molecule has 138 valence electrons. The number of carboxylic acids is 1. The maximum atomic E-state index is 10.6. The fourth-order valence-corrected chi connectivity index (χ4v) is 3.81. The maximum Gasteiger partial charge on any atom is 0.341 e. The summed E-state index contributed by atoms with van der Waals surface area (Å²) in [7, 11) is 0. The number of rotatable bonds is 7. The SMILES string of the molecule is Cc1cccc([C@@H](C)NC2CC[C@@H](c3ccc(OCC(=O)O)cc3)C2)c1. The van der Waals surface area contributed by atoms with E-state index in [1.54, 1.807) is 0 Å². The van der Waals surface area contributed by atoms with Crippen LogP contribution in [0.4, 0.5) is 0 Å². The number of hydrogen-bond acceptors (Lipinski definition) is 3. The van der Waals surface area contributed by atoms with Gasteiger partial charge in [-0.15, -0.1) is 0 Å². The van der Waals surface area contributed by atoms with Gasteiger partial charge in [-0.05, 0) is 62.3 Å². The van der Waals surface area contributed by atoms with E-state index < -0.39 is 5.97 Å². The van der Waals surface area contributed by atoms with Crippen LogP contribution in [0, 0.1) is 6.92 Å². The molecule has 1 unspecified atom stereocenters. The Morgan fingerprint density at radius 3 is 2.69 bits per heavy atom. The molecule has 1 fully saturated rings. The van der Waals surface area contributed by atoms with E-state index in [9.17, 15) is 4.79 Å². The van der Waals surface area contributed by atoms with Crippen molar-refractivity contribution in [3.63, 3.8) is 0 Å². The van der Waals surface area contributed by atoms with Gasteiger partial charge in [0, 0.05) is 12.1 Å². The van der Waals surface area contributed by atoms with Crippen LogP contribution in [-0.2, 0) is 4.79 Å². The fourth-order valence-electron chi connectivity index (χ4n) is 3.81. The molecule has 0 aromatic heterocycles. The molecule has 2 N–H and O–H groups in total. The lowest BCUT2D eigenvalue weighted by Crippen LogP contribution is -2.29. The number of aryl methyl sites for hydroxylation is 1. The molecular formula is C22H27NO3. The van der Waals surface area contributed by atoms with Crippen LogP contribution < -0.4 is 10.1 Å². The average Bonchev–Trinajstić information content (AvgIpc) is 3.09. The van der Waals surface area contributed by atoms with Crippen molar-refractivity contribution < 1.29 is 14.6 Å². The third-order valence-corrected chi connectivity index (χ3v) is 5.17. The third kappa shape index (κ3) is 4.85. The summed E-state index contributed by atoms with van der Waals surface area (Å²) in [5, 5.41) is 12.4. The zero-order valence-corrected chi connectivity index (χ0v) is 15.4. The van der Waals surface area contributed by atoms with Crippen molar-refractivity contribution in [2.24, 2.45) is 0 Å². The summed E-state index contributed by atoms with van der Waals surface area (Å²) in [5.41, 5.74) is 3.94. The smallest absolute Gasteiger partial charge is 0.341 e. The summed E-state index contributed by atoms with van der Waals surface area (Å²) in [4.78, 5) is 10.6. The Morgan fingerprint density at radius 1 is 1.23 bits per heavy atom. The van der Waals surface area contributed by atoms with Crippen molar-refractivity contribution >= 4 is 5.97 Å². The van der Waals surface area contributed by atoms with Crippen LogP contribution in [0.1, 0.15) is 54.8 Å². The first-order chi connectivity index (χ1) is 12.5. The second-order valence-electron chi connectivity index (χ2n) is 7.26. The van der Waals surface area contributed by atoms with Gasteiger partial charge >= 0.3 is 5.97 Å². The topological polar surface area (TPSA) is 58.6 Å². The molecule has 0 heterocycles. The van der Waals surface area contributed by atoms with Gasteiger partial charge in [-0.3, -0.25) is 0 Å². The first kappa shape index (κ1) is 18.5. The van der Waals surface area contributed by atoms with Crippen LogP contribution in [0.15, 0.2) is 48.5 Å². The van der Waals surface area contributed by atoms with E-state index in [2.05, 4.69) is 55.6 Å². The molecule has 0 amide bonds. The van der Waals surface area contributed by atoms with Crippen molar-refractivity contribution in [2.75, 3.05) is 6.61 Å². The highest BCUT2D eigenvalue weighted by Crippen LogP contribution is 2.36. The summed E-state index contributed by atoms with van der Waals surface area (Å²) in [6.45, 7) is 4.06. The second-order valence-corrected chi connectivity index (χ2v) is 7.26. The summed E-state index contributed by atoms with van der Waals surface area (Å²) < 4.78 is 5.21. The van der Waals surface area contributed by atoms with Gasteiger partial charge < -0.3 is 15.2 Å². The summed E-state index contributed by atoms with van der Waals surface area (Å²) >= 11 is 0. The van der Waals surface area contributed by atoms with Gasteiger partial charge in [0.25, 0.3) is 0 Å². The van der Waals surface area contributed by atoms with Gasteiger partial charge in [0.1, 0.15) is 5.75 Å². The molecule has 1 aliphatic rings. The van der Waals surface area contributed by atoms with Crippen LogP contribution in [0.3, 0.4) is 0 Å². The van der Waals surface area contributed by atoms with Crippen molar-refractivity contribution in [3.8, 4) is 5.75 Å². The molecule has 2 aromatic rings. The van der Waals surface area contributed by atoms with Gasteiger partial charge in [0.2, 0.25) is 0 Å². The van der Waals surface area contributed by atoms with Gasteiger partial charge in [0.05, 0.1) is 0 Å². The van der Waals surface area contributed by atoms with E-state index in [4.69, 9.17) is 9.84 Å². The van der Waals surface area contributed by atoms with E-state index in [-0.39, 0.29) is 6.61 Å². The fraction of sp³-hybridized carbons (Fsp3) is 0.409. The average molecular weight is 353 g/mol. The van der Waals surface area contributed by atoms with Crippen LogP contribution in [-0.4, -0.2) is 23.7 Å². The van der Waals surface area contributed by atoms with Gasteiger partial charge in [0.15, 0.2) is 6.61 Å². The molecular weight excluding hydrogens is 326 g/mol. The number of ether oxygens (including phenoxy) is 1. The maximum absolute atomic E-state index is 10.6. The minimum Gasteiger partial charge on any atom is -0.482 e. The number of hydrogen-bond donors (Lipinski definition) is 2. The Labute approximate surface area is 155 Å². The highest BCUT2D eigenvalue weighted by molar-refractivity contribution is 5.68. The first-order valence-electron chi connectivity index (χ1n) is 9.28. The van der Waals surface area contributed by atoms with Crippen molar-refractivity contribution in [1.29, 1.82) is 0 Å². The molecule has 3 atom stereocenters. The molecule has 0 saturated heterocycles. The molecule has 0 radical (unpaired) electrons. The molecule has 1 aliphatic carbocycles. The van der Waals surface area contributed by atoms with E-state index >= 15 is 0 Å². The minimum absolute atomic E-state index is 0.300. The lowest BCUT2D eigenvalue weighted by Gasteiger charge is -2.20. The number of carbonyl (C=O) groups is 1. The predicted octanol–water partition coefficient (Wildman–Crippen LogP) is 4.45. The summed E-state index contributed by atoms with van der Waals surface area (Å²) in [6.07, 6.45) is 3.48. The summed E-state index contributed by atoms with van der Waals surface area (Å²) in [5.74, 6) is 0.198. The Balaban J connectivity index is 1.54. The van der Waals surface area contributed by atoms with Crippen molar-refractivity contribution in [2.45, 2.75) is 51.1 Å². The van der Waals surface area contributed by atoms with Gasteiger partial charge in [-0.2, -0.15) is 0 Å². The zero-order chi connectivity index (χ0) is 18.5. The van der Waals surface area contributed by atoms with Gasteiger partial charge in [-0.1, -0.05) is 42.0 Å². The van der Waals surface area contributed by atoms with E-state index in [0.717, 1.165) is 6.42 Å². The van der Waals surface area contributed by atoms with Crippen molar-refractivity contribution in [1.82, 2.24) is 5.32 Å². The first-order valence-corrected chi connectivity index (χ1v) is 9.28. The van der Waals surface area contributed by atoms with Crippen LogP contribution >= 0.6 is 0 Å². The van der Waals surface area contributed by atoms with Crippen LogP contribution in [0.2, 0.25) is 0 Å². The molecule has 4 nitrogen and oxygen atoms in total. The third-order valence-electron chi connectivity index (χ3n) is 5.17. The second kappa shape index (κ2) is 8.37. The molecule has 1 saturated carbocycles. The molecule has 3 rings (SSSR count). The van der Waals surface area contributed by atoms with E-state index in [0.29, 0.717) is 23.8 Å². The monoisotopic (exact) mass is 353 g/mol. The molecule has 0 spiro atoms. The molecule has 26 heavy (non-hydrogen) atoms. The zero-order valence-electron chi connectivity index (χ0n) is 15.4. The molecule has 0 aliphatic heterocycles. The Hall–Kier alpha value is -2.33. The standard InChI is InChI=1S/C22H27NO3/c1-15-4-3-5-18(12-15)16(2)23-20-9-6-19(13-20)17-7-10-21(11-8-17)26-14-22(24)25/h3-5,7-8,10-12,16,19-20,23H,6,9,13-14H2,1-2H3,(H,24,25)/t16-,19-,20?/m1/s1. The van der Waals surface area contributed by atoms with Crippen LogP contribution in [0.5, 0.6) is 5.75 Å². The van der Waals surface area contributed by atoms with Crippen molar-refractivity contribution in [3.05, 3.63) is 65.2 Å². The highest BCUT2D eigenvalue weighted by atomic mass is 16.5. The number of aliphatic carboxylic acids is 1. The lowest BCUT2D eigenvalue weighted by atomic mass is 9.97. The van der Waals surface area contributed by atoms with Crippen LogP contribution in [0.25, 0.3) is 0 Å². The Morgan fingerprint density at radius 2 is 2.00 bits per heavy atom. The van der Waals surface area contributed by atoms with E-state index in [1.165, 1.54) is 29.5 Å². The number of nitrogens with one attached hydrogen (secondary N) is 1. The quantitative estimate of drug-likeness (QED) is 0.772. The Bertz CT molecular complexity index is 741. The minimum atomic E-state index is -0.957. The van der Waals surface area contributed by atoms with Gasteiger partial charge in [-0.25, -0.2) is 4.79 Å². The largest absolute Gasteiger partial charge is 0.482 e. The summed E-state index contributed by atoms with van der Waals surface area (Å²) in [6, 6.07) is 17.4. The predicted molar refractivity (Wildman–Crippen MR) is 103 cm³/mol.